The molecule has 0 unspecified atom stereocenters. The van der Waals surface area contributed by atoms with Crippen molar-refractivity contribution in [2.24, 2.45) is 0 Å². The van der Waals surface area contributed by atoms with Gasteiger partial charge in [-0.2, -0.15) is 4.52 Å². The Morgan fingerprint density at radius 1 is 1.12 bits per heavy atom. The molecule has 0 aliphatic heterocycles. The van der Waals surface area contributed by atoms with Crippen molar-refractivity contribution >= 4 is 11.5 Å². The largest absolute Gasteiger partial charge is 0.508 e. The third-order valence-electron chi connectivity index (χ3n) is 2.49. The molecule has 3 rings (SSSR count). The Bertz CT molecular complexity index is 690. The number of hydrogen-bond acceptors (Lipinski definition) is 4. The SMILES string of the molecule is Nc1cccc2nc(-c3cccc(O)c3)nn12. The first-order valence-electron chi connectivity index (χ1n) is 5.15. The first-order valence-corrected chi connectivity index (χ1v) is 5.15. The van der Waals surface area contributed by atoms with Crippen molar-refractivity contribution in [3.8, 4) is 17.1 Å². The number of anilines is 1. The van der Waals surface area contributed by atoms with Crippen LogP contribution < -0.4 is 5.73 Å². The summed E-state index contributed by atoms with van der Waals surface area (Å²) in [6.45, 7) is 0. The normalized spacial score (nSPS) is 10.8. The van der Waals surface area contributed by atoms with E-state index in [1.54, 1.807) is 28.8 Å². The number of aromatic nitrogens is 3. The molecule has 0 radical (unpaired) electrons. The fraction of sp³-hybridized carbons (Fsp3) is 0. The molecule has 0 spiro atoms. The predicted molar refractivity (Wildman–Crippen MR) is 64.5 cm³/mol. The van der Waals surface area contributed by atoms with Crippen molar-refractivity contribution in [2.45, 2.75) is 0 Å². The lowest BCUT2D eigenvalue weighted by molar-refractivity contribution is 0.475. The van der Waals surface area contributed by atoms with Crippen molar-refractivity contribution in [3.05, 3.63) is 42.5 Å². The molecule has 0 aliphatic rings. The first-order chi connectivity index (χ1) is 8.24. The Hall–Kier alpha value is -2.56. The third kappa shape index (κ3) is 1.57. The van der Waals surface area contributed by atoms with E-state index in [4.69, 9.17) is 5.73 Å². The number of hydrogen-bond donors (Lipinski definition) is 2. The summed E-state index contributed by atoms with van der Waals surface area (Å²) in [6.07, 6.45) is 0. The molecule has 1 aromatic carbocycles. The Kier molecular flexibility index (Phi) is 1.98. The topological polar surface area (TPSA) is 76.4 Å². The lowest BCUT2D eigenvalue weighted by Crippen LogP contribution is -1.97. The van der Waals surface area contributed by atoms with Gasteiger partial charge in [-0.1, -0.05) is 18.2 Å². The lowest BCUT2D eigenvalue weighted by Gasteiger charge is -1.95. The second-order valence-electron chi connectivity index (χ2n) is 3.71. The Balaban J connectivity index is 2.22. The number of pyridine rings is 1. The van der Waals surface area contributed by atoms with Crippen LogP contribution in [-0.4, -0.2) is 19.7 Å². The molecule has 84 valence electrons. The number of rotatable bonds is 1. The molecule has 2 aromatic heterocycles. The van der Waals surface area contributed by atoms with Gasteiger partial charge in [0.1, 0.15) is 11.6 Å². The summed E-state index contributed by atoms with van der Waals surface area (Å²) in [5, 5.41) is 13.7. The fourth-order valence-electron chi connectivity index (χ4n) is 1.69. The van der Waals surface area contributed by atoms with Crippen molar-refractivity contribution in [1.82, 2.24) is 14.6 Å². The number of nitrogen functional groups attached to an aromatic ring is 1. The van der Waals surface area contributed by atoms with Crippen molar-refractivity contribution in [2.75, 3.05) is 5.73 Å². The van der Waals surface area contributed by atoms with Crippen LogP contribution in [0.5, 0.6) is 5.75 Å². The van der Waals surface area contributed by atoms with Crippen molar-refractivity contribution in [1.29, 1.82) is 0 Å². The highest BCUT2D eigenvalue weighted by molar-refractivity contribution is 5.61. The average Bonchev–Trinajstić information content (AvgIpc) is 2.74. The van der Waals surface area contributed by atoms with Crippen LogP contribution in [0.25, 0.3) is 17.0 Å². The minimum Gasteiger partial charge on any atom is -0.508 e. The Labute approximate surface area is 97.1 Å². The highest BCUT2D eigenvalue weighted by Gasteiger charge is 2.07. The zero-order valence-electron chi connectivity index (χ0n) is 8.91. The number of fused-ring (bicyclic) bond motifs is 1. The van der Waals surface area contributed by atoms with Crippen LogP contribution in [-0.2, 0) is 0 Å². The summed E-state index contributed by atoms with van der Waals surface area (Å²) in [5.74, 6) is 1.26. The van der Waals surface area contributed by atoms with E-state index in [0.29, 0.717) is 17.3 Å². The number of aromatic hydroxyl groups is 1. The van der Waals surface area contributed by atoms with Crippen LogP contribution in [0.15, 0.2) is 42.5 Å². The van der Waals surface area contributed by atoms with E-state index >= 15 is 0 Å². The predicted octanol–water partition coefficient (Wildman–Crippen LogP) is 1.68. The monoisotopic (exact) mass is 226 g/mol. The van der Waals surface area contributed by atoms with Crippen LogP contribution in [0.3, 0.4) is 0 Å². The molecule has 5 nitrogen and oxygen atoms in total. The number of benzene rings is 1. The maximum absolute atomic E-state index is 9.42. The minimum absolute atomic E-state index is 0.189. The number of phenolic OH excluding ortho intramolecular Hbond substituents is 1. The van der Waals surface area contributed by atoms with E-state index in [-0.39, 0.29) is 5.75 Å². The van der Waals surface area contributed by atoms with Gasteiger partial charge in [0.15, 0.2) is 11.5 Å². The fourth-order valence-corrected chi connectivity index (χ4v) is 1.69. The van der Waals surface area contributed by atoms with Crippen LogP contribution in [0.4, 0.5) is 5.82 Å². The van der Waals surface area contributed by atoms with E-state index in [9.17, 15) is 5.11 Å². The zero-order valence-corrected chi connectivity index (χ0v) is 8.91. The van der Waals surface area contributed by atoms with Crippen molar-refractivity contribution in [3.63, 3.8) is 0 Å². The number of phenols is 1. The van der Waals surface area contributed by atoms with Gasteiger partial charge in [0, 0.05) is 5.56 Å². The molecular weight excluding hydrogens is 216 g/mol. The highest BCUT2D eigenvalue weighted by Crippen LogP contribution is 2.21. The van der Waals surface area contributed by atoms with E-state index in [1.165, 1.54) is 0 Å². The van der Waals surface area contributed by atoms with E-state index in [2.05, 4.69) is 10.1 Å². The minimum atomic E-state index is 0.189. The van der Waals surface area contributed by atoms with Crippen LogP contribution >= 0.6 is 0 Å². The number of nitrogens with two attached hydrogens (primary N) is 1. The van der Waals surface area contributed by atoms with Gasteiger partial charge in [-0.3, -0.25) is 0 Å². The second-order valence-corrected chi connectivity index (χ2v) is 3.71. The van der Waals surface area contributed by atoms with E-state index in [1.807, 2.05) is 18.2 Å². The van der Waals surface area contributed by atoms with Crippen LogP contribution in [0, 0.1) is 0 Å². The summed E-state index contributed by atoms with van der Waals surface area (Å²) in [6, 6.07) is 12.2. The standard InChI is InChI=1S/C12H10N4O/c13-10-5-2-6-11-14-12(15-16(10)11)8-3-1-4-9(17)7-8/h1-7,17H,13H2. The van der Waals surface area contributed by atoms with Gasteiger partial charge >= 0.3 is 0 Å². The molecule has 0 fully saturated rings. The molecular formula is C12H10N4O. The van der Waals surface area contributed by atoms with Gasteiger partial charge in [-0.05, 0) is 24.3 Å². The van der Waals surface area contributed by atoms with E-state index in [0.717, 1.165) is 5.56 Å². The van der Waals surface area contributed by atoms with E-state index < -0.39 is 0 Å². The molecule has 3 aromatic rings. The maximum Gasteiger partial charge on any atom is 0.182 e. The molecule has 0 bridgehead atoms. The van der Waals surface area contributed by atoms with Gasteiger partial charge in [0.2, 0.25) is 0 Å². The third-order valence-corrected chi connectivity index (χ3v) is 2.49. The summed E-state index contributed by atoms with van der Waals surface area (Å²) in [7, 11) is 0. The molecule has 3 N–H and O–H groups in total. The summed E-state index contributed by atoms with van der Waals surface area (Å²) < 4.78 is 1.57. The van der Waals surface area contributed by atoms with Gasteiger partial charge < -0.3 is 10.8 Å². The smallest absolute Gasteiger partial charge is 0.182 e. The molecule has 0 aliphatic carbocycles. The molecule has 2 heterocycles. The van der Waals surface area contributed by atoms with Gasteiger partial charge in [0.25, 0.3) is 0 Å². The summed E-state index contributed by atoms with van der Waals surface area (Å²) >= 11 is 0. The van der Waals surface area contributed by atoms with Gasteiger partial charge in [0.05, 0.1) is 0 Å². The molecule has 0 saturated heterocycles. The maximum atomic E-state index is 9.42. The first kappa shape index (κ1) is 9.65. The highest BCUT2D eigenvalue weighted by atomic mass is 16.3. The quantitative estimate of drug-likeness (QED) is 0.662. The summed E-state index contributed by atoms with van der Waals surface area (Å²) in [5.41, 5.74) is 7.23. The summed E-state index contributed by atoms with van der Waals surface area (Å²) in [4.78, 5) is 4.35. The second kappa shape index (κ2) is 3.48. The van der Waals surface area contributed by atoms with Gasteiger partial charge in [-0.25, -0.2) is 4.98 Å². The zero-order chi connectivity index (χ0) is 11.8. The Morgan fingerprint density at radius 2 is 1.94 bits per heavy atom. The molecule has 0 amide bonds. The number of nitrogens with zero attached hydrogens (tertiary/aromatic N) is 3. The molecule has 17 heavy (non-hydrogen) atoms. The Morgan fingerprint density at radius 3 is 2.71 bits per heavy atom. The van der Waals surface area contributed by atoms with Crippen LogP contribution in [0.1, 0.15) is 0 Å². The average molecular weight is 226 g/mol. The molecule has 0 atom stereocenters. The molecule has 0 saturated carbocycles. The molecule has 5 heteroatoms. The van der Waals surface area contributed by atoms with Gasteiger partial charge in [-0.15, -0.1) is 5.10 Å². The lowest BCUT2D eigenvalue weighted by atomic mass is 10.2. The van der Waals surface area contributed by atoms with Crippen molar-refractivity contribution < 1.29 is 5.11 Å². The van der Waals surface area contributed by atoms with Crippen LogP contribution in [0.2, 0.25) is 0 Å².